The Bertz CT molecular complexity index is 860. The molecular weight excluding hydrogens is 415 g/mol. The molecule has 0 atom stereocenters. The maximum absolute atomic E-state index is 12.3. The first-order chi connectivity index (χ1) is 11.5. The highest BCUT2D eigenvalue weighted by atomic mass is 79.9. The molecule has 24 heavy (non-hydrogen) atoms. The summed E-state index contributed by atoms with van der Waals surface area (Å²) in [5.74, 6) is -0.0526. The molecule has 0 radical (unpaired) electrons. The molecule has 2 aromatic rings. The Morgan fingerprint density at radius 2 is 2.08 bits per heavy atom. The highest BCUT2D eigenvalue weighted by Crippen LogP contribution is 2.30. The molecule has 4 nitrogen and oxygen atoms in total. The maximum Gasteiger partial charge on any atom is 0.266 e. The van der Waals surface area contributed by atoms with Gasteiger partial charge in [0.2, 0.25) is 0 Å². The van der Waals surface area contributed by atoms with Gasteiger partial charge in [-0.3, -0.25) is 4.79 Å². The fraction of sp³-hybridized carbons (Fsp3) is 0.0588. The number of carbonyl (C=O) groups excluding carboxylic acids is 1. The van der Waals surface area contributed by atoms with Crippen LogP contribution in [0.15, 0.2) is 46.4 Å². The molecular formula is C17H11BrCl2N2O2. The number of halogens is 3. The second kappa shape index (κ2) is 8.20. The molecule has 1 N–H and O–H groups in total. The predicted molar refractivity (Wildman–Crippen MR) is 99.4 cm³/mol. The highest BCUT2D eigenvalue weighted by molar-refractivity contribution is 9.10. The van der Waals surface area contributed by atoms with Crippen LogP contribution in [-0.4, -0.2) is 13.0 Å². The molecule has 0 unspecified atom stereocenters. The highest BCUT2D eigenvalue weighted by Gasteiger charge is 2.14. The van der Waals surface area contributed by atoms with Crippen LogP contribution in [0.25, 0.3) is 6.08 Å². The van der Waals surface area contributed by atoms with Gasteiger partial charge in [0.25, 0.3) is 5.91 Å². The van der Waals surface area contributed by atoms with Crippen LogP contribution in [0.1, 0.15) is 5.56 Å². The lowest BCUT2D eigenvalue weighted by molar-refractivity contribution is -0.112. The Balaban J connectivity index is 2.35. The lowest BCUT2D eigenvalue weighted by Gasteiger charge is -2.09. The second-order valence-electron chi connectivity index (χ2n) is 4.61. The molecule has 0 aromatic heterocycles. The molecule has 0 fully saturated rings. The summed E-state index contributed by atoms with van der Waals surface area (Å²) in [6.45, 7) is 0. The molecule has 0 saturated heterocycles. The van der Waals surface area contributed by atoms with E-state index in [2.05, 4.69) is 21.2 Å². The monoisotopic (exact) mass is 424 g/mol. The van der Waals surface area contributed by atoms with Crippen molar-refractivity contribution in [2.75, 3.05) is 12.4 Å². The number of methoxy groups -OCH3 is 1. The zero-order valence-corrected chi connectivity index (χ0v) is 15.5. The predicted octanol–water partition coefficient (Wildman–Crippen LogP) is 5.31. The van der Waals surface area contributed by atoms with Crippen molar-refractivity contribution < 1.29 is 9.53 Å². The van der Waals surface area contributed by atoms with Gasteiger partial charge in [-0.05, 0) is 36.4 Å². The number of nitrogens with one attached hydrogen (secondary N) is 1. The Morgan fingerprint density at radius 1 is 1.33 bits per heavy atom. The van der Waals surface area contributed by atoms with E-state index in [0.717, 1.165) is 4.47 Å². The summed E-state index contributed by atoms with van der Waals surface area (Å²) in [6.07, 6.45) is 1.44. The van der Waals surface area contributed by atoms with E-state index >= 15 is 0 Å². The van der Waals surface area contributed by atoms with E-state index < -0.39 is 5.91 Å². The van der Waals surface area contributed by atoms with Gasteiger partial charge < -0.3 is 10.1 Å². The Hall–Kier alpha value is -2.00. The van der Waals surface area contributed by atoms with E-state index in [1.54, 1.807) is 36.4 Å². The first kappa shape index (κ1) is 18.3. The van der Waals surface area contributed by atoms with E-state index in [1.807, 2.05) is 6.07 Å². The Labute approximate surface area is 157 Å². The minimum Gasteiger partial charge on any atom is -0.496 e. The molecule has 2 rings (SSSR count). The van der Waals surface area contributed by atoms with E-state index in [0.29, 0.717) is 22.0 Å². The van der Waals surface area contributed by atoms with Crippen molar-refractivity contribution in [1.82, 2.24) is 0 Å². The van der Waals surface area contributed by atoms with Crippen LogP contribution < -0.4 is 10.1 Å². The van der Waals surface area contributed by atoms with Crippen molar-refractivity contribution in [3.63, 3.8) is 0 Å². The van der Waals surface area contributed by atoms with Gasteiger partial charge in [-0.1, -0.05) is 45.2 Å². The van der Waals surface area contributed by atoms with Gasteiger partial charge in [0.15, 0.2) is 0 Å². The van der Waals surface area contributed by atoms with Gasteiger partial charge in [0.1, 0.15) is 17.4 Å². The molecule has 0 saturated carbocycles. The zero-order chi connectivity index (χ0) is 17.7. The summed E-state index contributed by atoms with van der Waals surface area (Å²) in [5.41, 5.74) is 0.828. The van der Waals surface area contributed by atoms with Crippen molar-refractivity contribution in [3.05, 3.63) is 62.1 Å². The number of carbonyl (C=O) groups is 1. The minimum atomic E-state index is -0.594. The number of nitrogens with zero attached hydrogens (tertiary/aromatic N) is 1. The topological polar surface area (TPSA) is 62.1 Å². The van der Waals surface area contributed by atoms with Crippen molar-refractivity contribution in [2.24, 2.45) is 0 Å². The molecule has 122 valence electrons. The first-order valence-corrected chi connectivity index (χ1v) is 8.22. The van der Waals surface area contributed by atoms with Gasteiger partial charge in [-0.2, -0.15) is 5.26 Å². The van der Waals surface area contributed by atoms with E-state index in [4.69, 9.17) is 27.9 Å². The van der Waals surface area contributed by atoms with Gasteiger partial charge in [0, 0.05) is 10.0 Å². The zero-order valence-electron chi connectivity index (χ0n) is 12.4. The average Bonchev–Trinajstić information content (AvgIpc) is 2.56. The third kappa shape index (κ3) is 4.30. The smallest absolute Gasteiger partial charge is 0.266 e. The van der Waals surface area contributed by atoms with Gasteiger partial charge in [-0.25, -0.2) is 0 Å². The fourth-order valence-corrected chi connectivity index (χ4v) is 2.64. The number of nitriles is 1. The normalized spacial score (nSPS) is 10.9. The van der Waals surface area contributed by atoms with Crippen LogP contribution in [0.2, 0.25) is 10.0 Å². The first-order valence-electron chi connectivity index (χ1n) is 6.67. The largest absolute Gasteiger partial charge is 0.496 e. The van der Waals surface area contributed by atoms with E-state index in [1.165, 1.54) is 13.2 Å². The lowest BCUT2D eigenvalue weighted by atomic mass is 10.1. The van der Waals surface area contributed by atoms with Gasteiger partial charge in [0.05, 0.1) is 22.8 Å². The number of benzene rings is 2. The molecule has 0 spiro atoms. The van der Waals surface area contributed by atoms with Crippen molar-refractivity contribution in [3.8, 4) is 11.8 Å². The molecule has 0 heterocycles. The van der Waals surface area contributed by atoms with Gasteiger partial charge in [-0.15, -0.1) is 0 Å². The van der Waals surface area contributed by atoms with Crippen molar-refractivity contribution >= 4 is 56.8 Å². The third-order valence-electron chi connectivity index (χ3n) is 3.06. The average molecular weight is 426 g/mol. The summed E-state index contributed by atoms with van der Waals surface area (Å²) in [4.78, 5) is 12.3. The number of rotatable bonds is 4. The van der Waals surface area contributed by atoms with Crippen LogP contribution in [0.3, 0.4) is 0 Å². The number of anilines is 1. The van der Waals surface area contributed by atoms with Crippen molar-refractivity contribution in [1.29, 1.82) is 5.26 Å². The van der Waals surface area contributed by atoms with Crippen molar-refractivity contribution in [2.45, 2.75) is 0 Å². The second-order valence-corrected chi connectivity index (χ2v) is 6.31. The molecule has 7 heteroatoms. The molecule has 2 aromatic carbocycles. The van der Waals surface area contributed by atoms with Crippen LogP contribution in [-0.2, 0) is 4.79 Å². The molecule has 1 amide bonds. The molecule has 0 aliphatic carbocycles. The van der Waals surface area contributed by atoms with E-state index in [-0.39, 0.29) is 10.6 Å². The summed E-state index contributed by atoms with van der Waals surface area (Å²) in [7, 11) is 1.51. The molecule has 0 aliphatic heterocycles. The van der Waals surface area contributed by atoms with E-state index in [9.17, 15) is 10.1 Å². The number of ether oxygens (including phenoxy) is 1. The Morgan fingerprint density at radius 3 is 2.75 bits per heavy atom. The standard InChI is InChI=1S/C17H11BrCl2N2O2/c1-24-15-6-5-12(18)8-10(15)7-11(9-21)17(23)22-14-4-2-3-13(19)16(14)20/h2-8H,1H3,(H,22,23)/b11-7+. The van der Waals surface area contributed by atoms with Crippen LogP contribution in [0.4, 0.5) is 5.69 Å². The third-order valence-corrected chi connectivity index (χ3v) is 4.37. The maximum atomic E-state index is 12.3. The number of hydrogen-bond acceptors (Lipinski definition) is 3. The fourth-order valence-electron chi connectivity index (χ4n) is 1.91. The number of amides is 1. The summed E-state index contributed by atoms with van der Waals surface area (Å²) < 4.78 is 6.03. The SMILES string of the molecule is COc1ccc(Br)cc1/C=C(\C#N)C(=O)Nc1cccc(Cl)c1Cl. The lowest BCUT2D eigenvalue weighted by Crippen LogP contribution is -2.13. The number of hydrogen-bond donors (Lipinski definition) is 1. The molecule has 0 aliphatic rings. The van der Waals surface area contributed by atoms with Gasteiger partial charge >= 0.3 is 0 Å². The minimum absolute atomic E-state index is 0.0950. The summed E-state index contributed by atoms with van der Waals surface area (Å²) in [6, 6.07) is 12.0. The quantitative estimate of drug-likeness (QED) is 0.533. The Kier molecular flexibility index (Phi) is 6.27. The van der Waals surface area contributed by atoms with Crippen LogP contribution >= 0.6 is 39.1 Å². The molecule has 0 bridgehead atoms. The van der Waals surface area contributed by atoms with Crippen LogP contribution in [0.5, 0.6) is 5.75 Å². The van der Waals surface area contributed by atoms with Crippen LogP contribution in [0, 0.1) is 11.3 Å². The summed E-state index contributed by atoms with van der Waals surface area (Å²) in [5, 5.41) is 12.4. The summed E-state index contributed by atoms with van der Waals surface area (Å²) >= 11 is 15.3.